The van der Waals surface area contributed by atoms with Gasteiger partial charge in [0.25, 0.3) is 11.5 Å². The maximum Gasteiger partial charge on any atom is 0.271 e. The summed E-state index contributed by atoms with van der Waals surface area (Å²) in [5, 5.41) is 4.92. The molecule has 1 aliphatic heterocycles. The average Bonchev–Trinajstić information content (AvgIpc) is 3.48. The summed E-state index contributed by atoms with van der Waals surface area (Å²) in [6.07, 6.45) is 1.85. The van der Waals surface area contributed by atoms with Crippen molar-refractivity contribution in [3.8, 4) is 5.75 Å². The molecule has 0 bridgehead atoms. The summed E-state index contributed by atoms with van der Waals surface area (Å²) >= 11 is 2.83. The van der Waals surface area contributed by atoms with Gasteiger partial charge in [0, 0.05) is 16.1 Å². The number of para-hydroxylation sites is 2. The van der Waals surface area contributed by atoms with Crippen LogP contribution in [0, 0.1) is 0 Å². The number of thiophene rings is 1. The van der Waals surface area contributed by atoms with Gasteiger partial charge in [0.15, 0.2) is 4.80 Å². The van der Waals surface area contributed by atoms with Gasteiger partial charge < -0.3 is 10.1 Å². The van der Waals surface area contributed by atoms with Gasteiger partial charge in [-0.3, -0.25) is 14.2 Å². The van der Waals surface area contributed by atoms with Crippen molar-refractivity contribution in [2.45, 2.75) is 32.9 Å². The Bertz CT molecular complexity index is 1610. The Morgan fingerprint density at radius 3 is 2.56 bits per heavy atom. The van der Waals surface area contributed by atoms with Crippen LogP contribution in [0.4, 0.5) is 5.69 Å². The topological polar surface area (TPSA) is 72.7 Å². The number of carbonyl (C=O) groups is 1. The lowest BCUT2D eigenvalue weighted by molar-refractivity contribution is -0.113. The first-order valence-corrected chi connectivity index (χ1v) is 13.3. The fourth-order valence-electron chi connectivity index (χ4n) is 4.15. The number of allylic oxidation sites excluding steroid dienone is 1. The highest BCUT2D eigenvalue weighted by Gasteiger charge is 2.33. The van der Waals surface area contributed by atoms with E-state index < -0.39 is 6.04 Å². The van der Waals surface area contributed by atoms with Gasteiger partial charge in [-0.2, -0.15) is 0 Å². The van der Waals surface area contributed by atoms with Crippen molar-refractivity contribution in [2.75, 3.05) is 5.32 Å². The maximum absolute atomic E-state index is 13.8. The van der Waals surface area contributed by atoms with Crippen molar-refractivity contribution in [1.82, 2.24) is 4.57 Å². The predicted molar refractivity (Wildman–Crippen MR) is 145 cm³/mol. The van der Waals surface area contributed by atoms with E-state index in [9.17, 15) is 9.59 Å². The first-order chi connectivity index (χ1) is 17.4. The number of nitrogens with one attached hydrogen (secondary N) is 1. The van der Waals surface area contributed by atoms with Crippen LogP contribution < -0.4 is 24.9 Å². The number of ether oxygens (including phenoxy) is 1. The molecule has 0 spiro atoms. The zero-order chi connectivity index (χ0) is 25.2. The second-order valence-electron chi connectivity index (χ2n) is 8.62. The van der Waals surface area contributed by atoms with Crippen molar-refractivity contribution >= 4 is 40.3 Å². The Hall–Kier alpha value is -3.75. The van der Waals surface area contributed by atoms with Crippen LogP contribution in [0.15, 0.2) is 93.2 Å². The molecule has 1 amide bonds. The van der Waals surface area contributed by atoms with Gasteiger partial charge in [-0.25, -0.2) is 4.99 Å². The number of nitrogens with zero attached hydrogens (tertiary/aromatic N) is 2. The highest BCUT2D eigenvalue weighted by atomic mass is 32.1. The number of anilines is 1. The largest absolute Gasteiger partial charge is 0.490 e. The Morgan fingerprint density at radius 2 is 1.83 bits per heavy atom. The van der Waals surface area contributed by atoms with Crippen molar-refractivity contribution in [3.63, 3.8) is 0 Å². The molecule has 2 aromatic carbocycles. The van der Waals surface area contributed by atoms with Crippen molar-refractivity contribution in [2.24, 2.45) is 4.99 Å². The molecule has 0 radical (unpaired) electrons. The third kappa shape index (κ3) is 4.69. The molecule has 2 aromatic heterocycles. The summed E-state index contributed by atoms with van der Waals surface area (Å²) in [5.74, 6) is 0.443. The molecule has 36 heavy (non-hydrogen) atoms. The van der Waals surface area contributed by atoms with Crippen molar-refractivity contribution in [1.29, 1.82) is 0 Å². The van der Waals surface area contributed by atoms with E-state index in [1.165, 1.54) is 22.7 Å². The van der Waals surface area contributed by atoms with Gasteiger partial charge in [-0.1, -0.05) is 53.8 Å². The molecule has 1 N–H and O–H groups in total. The van der Waals surface area contributed by atoms with Gasteiger partial charge in [0.1, 0.15) is 11.8 Å². The first kappa shape index (κ1) is 24.0. The van der Waals surface area contributed by atoms with Gasteiger partial charge in [0.2, 0.25) is 0 Å². The molecule has 5 rings (SSSR count). The van der Waals surface area contributed by atoms with Gasteiger partial charge >= 0.3 is 0 Å². The van der Waals surface area contributed by atoms with E-state index in [0.29, 0.717) is 32.0 Å². The zero-order valence-corrected chi connectivity index (χ0v) is 21.7. The maximum atomic E-state index is 13.8. The number of fused-ring (bicyclic) bond motifs is 1. The van der Waals surface area contributed by atoms with E-state index in [0.717, 1.165) is 10.4 Å². The molecule has 6 nitrogen and oxygen atoms in total. The monoisotopic (exact) mass is 515 g/mol. The van der Waals surface area contributed by atoms with E-state index >= 15 is 0 Å². The number of hydrogen-bond acceptors (Lipinski definition) is 6. The molecule has 8 heteroatoms. The molecular formula is C28H25N3O3S2. The van der Waals surface area contributed by atoms with Crippen molar-refractivity contribution < 1.29 is 9.53 Å². The Labute approximate surface area is 216 Å². The third-order valence-corrected chi connectivity index (χ3v) is 7.59. The minimum absolute atomic E-state index is 0.00734. The minimum Gasteiger partial charge on any atom is -0.490 e. The van der Waals surface area contributed by atoms with Crippen molar-refractivity contribution in [3.05, 3.63) is 114 Å². The lowest BCUT2D eigenvalue weighted by Crippen LogP contribution is -2.40. The number of thiazole rings is 1. The quantitative estimate of drug-likeness (QED) is 0.404. The number of rotatable bonds is 6. The van der Waals surface area contributed by atoms with E-state index in [1.54, 1.807) is 4.57 Å². The van der Waals surface area contributed by atoms with Crippen LogP contribution in [-0.2, 0) is 4.79 Å². The van der Waals surface area contributed by atoms with Crippen LogP contribution in [0.1, 0.15) is 37.3 Å². The molecule has 4 aromatic rings. The van der Waals surface area contributed by atoms with E-state index in [4.69, 9.17) is 9.73 Å². The molecule has 3 heterocycles. The predicted octanol–water partition coefficient (Wildman–Crippen LogP) is 4.72. The molecular weight excluding hydrogens is 490 g/mol. The summed E-state index contributed by atoms with van der Waals surface area (Å²) in [6, 6.07) is 20.3. The summed E-state index contributed by atoms with van der Waals surface area (Å²) < 4.78 is 8.12. The summed E-state index contributed by atoms with van der Waals surface area (Å²) in [6.45, 7) is 5.76. The van der Waals surface area contributed by atoms with E-state index in [2.05, 4.69) is 5.32 Å². The normalized spacial score (nSPS) is 15.6. The highest BCUT2D eigenvalue weighted by molar-refractivity contribution is 7.10. The summed E-state index contributed by atoms with van der Waals surface area (Å²) in [4.78, 5) is 33.4. The van der Waals surface area contributed by atoms with E-state index in [1.807, 2.05) is 99.0 Å². The summed E-state index contributed by atoms with van der Waals surface area (Å²) in [5.41, 5.74) is 2.38. The van der Waals surface area contributed by atoms with E-state index in [-0.39, 0.29) is 17.6 Å². The zero-order valence-electron chi connectivity index (χ0n) is 20.1. The number of amides is 1. The molecule has 0 aliphatic carbocycles. The summed E-state index contributed by atoms with van der Waals surface area (Å²) in [7, 11) is 0. The van der Waals surface area contributed by atoms with Crippen LogP contribution in [0.5, 0.6) is 5.75 Å². The van der Waals surface area contributed by atoms with Crippen LogP contribution in [0.2, 0.25) is 0 Å². The Balaban J connectivity index is 1.64. The fraction of sp³-hybridized carbons (Fsp3) is 0.179. The number of aromatic nitrogens is 1. The smallest absolute Gasteiger partial charge is 0.271 e. The molecule has 0 saturated heterocycles. The molecule has 1 aliphatic rings. The average molecular weight is 516 g/mol. The van der Waals surface area contributed by atoms with Gasteiger partial charge in [-0.05, 0) is 56.5 Å². The Kier molecular flexibility index (Phi) is 6.71. The molecule has 0 unspecified atom stereocenters. The molecule has 1 atom stereocenters. The van der Waals surface area contributed by atoms with Crippen LogP contribution in [0.3, 0.4) is 0 Å². The fourth-order valence-corrected chi connectivity index (χ4v) is 6.01. The van der Waals surface area contributed by atoms with Crippen LogP contribution >= 0.6 is 22.7 Å². The second-order valence-corrected chi connectivity index (χ2v) is 10.6. The van der Waals surface area contributed by atoms with Crippen LogP contribution in [0.25, 0.3) is 6.08 Å². The standard InChI is InChI=1S/C28H25N3O3S2/c1-17(2)34-21-13-8-7-10-19(21)16-23-27(33)31-25(22-14-9-15-35-22)24(18(3)29-28(31)36-23)26(32)30-20-11-5-4-6-12-20/h4-17,25H,1-3H3,(H,30,32)/b23-16-/t25-/m1/s1. The van der Waals surface area contributed by atoms with Gasteiger partial charge in [-0.15, -0.1) is 11.3 Å². The highest BCUT2D eigenvalue weighted by Crippen LogP contribution is 2.33. The lowest BCUT2D eigenvalue weighted by Gasteiger charge is -2.24. The third-order valence-electron chi connectivity index (χ3n) is 5.68. The number of carbonyl (C=O) groups excluding carboxylic acids is 1. The minimum atomic E-state index is -0.561. The lowest BCUT2D eigenvalue weighted by atomic mass is 10.0. The second kappa shape index (κ2) is 10.1. The number of hydrogen-bond donors (Lipinski definition) is 1. The SMILES string of the molecule is CC1=C(C(=O)Nc2ccccc2)[C@@H](c2cccs2)n2c(s/c(=C\c3ccccc3OC(C)C)c2=O)=N1. The molecule has 0 fully saturated rings. The Morgan fingerprint density at radius 1 is 1.08 bits per heavy atom. The first-order valence-electron chi connectivity index (χ1n) is 11.6. The molecule has 182 valence electrons. The van der Waals surface area contributed by atoms with Gasteiger partial charge in [0.05, 0.1) is 21.9 Å². The van der Waals surface area contributed by atoms with Crippen LogP contribution in [-0.4, -0.2) is 16.6 Å². The number of benzene rings is 2. The molecule has 0 saturated carbocycles.